The molecular weight excluding hydrogens is 238 g/mol. The van der Waals surface area contributed by atoms with Crippen LogP contribution in [0.2, 0.25) is 0 Å². The van der Waals surface area contributed by atoms with Gasteiger partial charge in [0.2, 0.25) is 0 Å². The Morgan fingerprint density at radius 3 is 2.89 bits per heavy atom. The van der Waals surface area contributed by atoms with Gasteiger partial charge in [-0.2, -0.15) is 0 Å². The van der Waals surface area contributed by atoms with E-state index in [9.17, 15) is 0 Å². The molecule has 106 valence electrons. The van der Waals surface area contributed by atoms with Crippen LogP contribution < -0.4 is 0 Å². The van der Waals surface area contributed by atoms with Gasteiger partial charge in [-0.05, 0) is 56.0 Å². The molecule has 1 atom stereocenters. The minimum absolute atomic E-state index is 0.686. The summed E-state index contributed by atoms with van der Waals surface area (Å²) in [6.45, 7) is 6.61. The van der Waals surface area contributed by atoms with E-state index in [2.05, 4.69) is 24.0 Å². The Morgan fingerprint density at radius 2 is 2.26 bits per heavy atom. The highest BCUT2D eigenvalue weighted by Crippen LogP contribution is 2.24. The van der Waals surface area contributed by atoms with Gasteiger partial charge in [0.1, 0.15) is 5.76 Å². The third-order valence-electron chi connectivity index (χ3n) is 4.06. The number of rotatable bonds is 6. The summed E-state index contributed by atoms with van der Waals surface area (Å²) >= 11 is 0. The van der Waals surface area contributed by atoms with E-state index in [0.29, 0.717) is 5.92 Å². The number of nitrogens with zero attached hydrogens (tertiary/aromatic N) is 1. The van der Waals surface area contributed by atoms with Crippen molar-refractivity contribution in [1.82, 2.24) is 4.90 Å². The molecule has 1 saturated heterocycles. The summed E-state index contributed by atoms with van der Waals surface area (Å²) in [4.78, 5) is 2.51. The summed E-state index contributed by atoms with van der Waals surface area (Å²) < 4.78 is 10.5. The van der Waals surface area contributed by atoms with Crippen LogP contribution >= 0.6 is 0 Å². The lowest BCUT2D eigenvalue weighted by Gasteiger charge is -2.34. The molecule has 0 N–H and O–H groups in total. The van der Waals surface area contributed by atoms with Crippen LogP contribution in [-0.4, -0.2) is 38.3 Å². The predicted molar refractivity (Wildman–Crippen MR) is 77.9 cm³/mol. The lowest BCUT2D eigenvalue weighted by molar-refractivity contribution is 0.0938. The number of furan rings is 1. The fourth-order valence-electron chi connectivity index (χ4n) is 2.81. The highest BCUT2D eigenvalue weighted by atomic mass is 16.5. The van der Waals surface area contributed by atoms with Crippen molar-refractivity contribution >= 4 is 6.08 Å². The summed E-state index contributed by atoms with van der Waals surface area (Å²) in [5, 5.41) is 0. The number of likely N-dealkylation sites (tertiary alicyclic amines) is 1. The van der Waals surface area contributed by atoms with Gasteiger partial charge in [-0.15, -0.1) is 0 Å². The zero-order valence-corrected chi connectivity index (χ0v) is 12.0. The summed E-state index contributed by atoms with van der Waals surface area (Å²) in [6.07, 6.45) is 8.54. The summed E-state index contributed by atoms with van der Waals surface area (Å²) in [6, 6.07) is 3.90. The average molecular weight is 263 g/mol. The maximum absolute atomic E-state index is 5.28. The Hall–Kier alpha value is -1.06. The van der Waals surface area contributed by atoms with Crippen LogP contribution in [0.15, 0.2) is 28.9 Å². The first kappa shape index (κ1) is 14.4. The molecule has 1 fully saturated rings. The van der Waals surface area contributed by atoms with Crippen molar-refractivity contribution in [1.29, 1.82) is 0 Å². The standard InChI is InChI=1S/C16H25NO2/c1-14(13-18-2)15-7-10-17(11-8-15)9-3-5-16-6-4-12-19-16/h3-6,12,14-15H,7-11,13H2,1-2H3/b5-3+. The van der Waals surface area contributed by atoms with Crippen molar-refractivity contribution < 1.29 is 9.15 Å². The fourth-order valence-corrected chi connectivity index (χ4v) is 2.81. The van der Waals surface area contributed by atoms with Gasteiger partial charge >= 0.3 is 0 Å². The average Bonchev–Trinajstić information content (AvgIpc) is 2.93. The Kier molecular flexibility index (Phi) is 5.67. The number of methoxy groups -OCH3 is 1. The van der Waals surface area contributed by atoms with E-state index in [0.717, 1.165) is 24.8 Å². The first-order chi connectivity index (χ1) is 9.29. The van der Waals surface area contributed by atoms with Gasteiger partial charge in [0.15, 0.2) is 0 Å². The molecular formula is C16H25NO2. The van der Waals surface area contributed by atoms with Gasteiger partial charge < -0.3 is 9.15 Å². The molecule has 1 aliphatic rings. The van der Waals surface area contributed by atoms with Crippen LogP contribution in [0.5, 0.6) is 0 Å². The Balaban J connectivity index is 1.69. The van der Waals surface area contributed by atoms with Gasteiger partial charge in [-0.25, -0.2) is 0 Å². The zero-order chi connectivity index (χ0) is 13.5. The molecule has 3 nitrogen and oxygen atoms in total. The third-order valence-corrected chi connectivity index (χ3v) is 4.06. The van der Waals surface area contributed by atoms with E-state index >= 15 is 0 Å². The topological polar surface area (TPSA) is 25.6 Å². The first-order valence-electron chi connectivity index (χ1n) is 7.21. The van der Waals surface area contributed by atoms with Gasteiger partial charge in [0.25, 0.3) is 0 Å². The second-order valence-electron chi connectivity index (χ2n) is 5.49. The normalized spacial score (nSPS) is 20.1. The molecule has 2 rings (SSSR count). The number of hydrogen-bond acceptors (Lipinski definition) is 3. The summed E-state index contributed by atoms with van der Waals surface area (Å²) in [5.41, 5.74) is 0. The van der Waals surface area contributed by atoms with E-state index in [4.69, 9.17) is 9.15 Å². The van der Waals surface area contributed by atoms with Crippen molar-refractivity contribution in [3.63, 3.8) is 0 Å². The molecule has 3 heteroatoms. The van der Waals surface area contributed by atoms with E-state index < -0.39 is 0 Å². The Bertz CT molecular complexity index is 364. The van der Waals surface area contributed by atoms with Crippen LogP contribution in [0.25, 0.3) is 6.08 Å². The molecule has 19 heavy (non-hydrogen) atoms. The van der Waals surface area contributed by atoms with Crippen LogP contribution in [0.4, 0.5) is 0 Å². The Labute approximate surface area is 116 Å². The predicted octanol–water partition coefficient (Wildman–Crippen LogP) is 3.29. The smallest absolute Gasteiger partial charge is 0.126 e. The number of piperidine rings is 1. The molecule has 0 bridgehead atoms. The van der Waals surface area contributed by atoms with Gasteiger partial charge in [0.05, 0.1) is 6.26 Å². The van der Waals surface area contributed by atoms with Gasteiger partial charge in [-0.1, -0.05) is 13.0 Å². The van der Waals surface area contributed by atoms with Crippen LogP contribution in [0.3, 0.4) is 0 Å². The van der Waals surface area contributed by atoms with Crippen molar-refractivity contribution in [3.8, 4) is 0 Å². The van der Waals surface area contributed by atoms with Crippen LogP contribution in [0.1, 0.15) is 25.5 Å². The maximum atomic E-state index is 5.28. The monoisotopic (exact) mass is 263 g/mol. The number of ether oxygens (including phenoxy) is 1. The number of hydrogen-bond donors (Lipinski definition) is 0. The van der Waals surface area contributed by atoms with Gasteiger partial charge in [-0.3, -0.25) is 4.90 Å². The third kappa shape index (κ3) is 4.51. The van der Waals surface area contributed by atoms with Crippen molar-refractivity contribution in [2.45, 2.75) is 19.8 Å². The molecule has 0 saturated carbocycles. The lowest BCUT2D eigenvalue weighted by atomic mass is 9.86. The van der Waals surface area contributed by atoms with Crippen molar-refractivity contribution in [3.05, 3.63) is 30.2 Å². The van der Waals surface area contributed by atoms with Crippen LogP contribution in [0, 0.1) is 11.8 Å². The second-order valence-corrected chi connectivity index (χ2v) is 5.49. The molecule has 0 aromatic carbocycles. The largest absolute Gasteiger partial charge is 0.465 e. The summed E-state index contributed by atoms with van der Waals surface area (Å²) in [7, 11) is 1.80. The van der Waals surface area contributed by atoms with E-state index in [1.54, 1.807) is 13.4 Å². The SMILES string of the molecule is COCC(C)C1CCN(C/C=C/c2ccco2)CC1. The van der Waals surface area contributed by atoms with Crippen molar-refractivity contribution in [2.24, 2.45) is 11.8 Å². The minimum atomic E-state index is 0.686. The highest BCUT2D eigenvalue weighted by molar-refractivity contribution is 5.42. The molecule has 1 aliphatic heterocycles. The maximum Gasteiger partial charge on any atom is 0.126 e. The lowest BCUT2D eigenvalue weighted by Crippen LogP contribution is -2.36. The van der Waals surface area contributed by atoms with E-state index in [-0.39, 0.29) is 0 Å². The van der Waals surface area contributed by atoms with Crippen LogP contribution in [-0.2, 0) is 4.74 Å². The second kappa shape index (κ2) is 7.51. The van der Waals surface area contributed by atoms with E-state index in [1.165, 1.54) is 25.9 Å². The van der Waals surface area contributed by atoms with E-state index in [1.807, 2.05) is 12.1 Å². The molecule has 1 unspecified atom stereocenters. The summed E-state index contributed by atoms with van der Waals surface area (Å²) in [5.74, 6) is 2.44. The fraction of sp³-hybridized carbons (Fsp3) is 0.625. The van der Waals surface area contributed by atoms with Gasteiger partial charge in [0, 0.05) is 20.3 Å². The van der Waals surface area contributed by atoms with Crippen molar-refractivity contribution in [2.75, 3.05) is 33.4 Å². The molecule has 0 radical (unpaired) electrons. The first-order valence-corrected chi connectivity index (χ1v) is 7.21. The molecule has 0 amide bonds. The Morgan fingerprint density at radius 1 is 1.47 bits per heavy atom. The quantitative estimate of drug-likeness (QED) is 0.787. The molecule has 2 heterocycles. The zero-order valence-electron chi connectivity index (χ0n) is 12.0. The molecule has 0 spiro atoms. The minimum Gasteiger partial charge on any atom is -0.465 e. The highest BCUT2D eigenvalue weighted by Gasteiger charge is 2.22. The molecule has 0 aliphatic carbocycles. The molecule has 1 aromatic rings. The molecule has 1 aromatic heterocycles.